The molecule has 0 saturated carbocycles. The molecular weight excluding hydrogens is 283 g/mol. The van der Waals surface area contributed by atoms with Gasteiger partial charge in [0.25, 0.3) is 0 Å². The number of pyridine rings is 1. The van der Waals surface area contributed by atoms with Crippen LogP contribution in [-0.2, 0) is 19.1 Å². The summed E-state index contributed by atoms with van der Waals surface area (Å²) in [7, 11) is 0. The molecule has 2 heterocycles. The quantitative estimate of drug-likeness (QED) is 0.907. The summed E-state index contributed by atoms with van der Waals surface area (Å²) in [4.78, 5) is 11.1. The Morgan fingerprint density at radius 2 is 2.05 bits per heavy atom. The van der Waals surface area contributed by atoms with Gasteiger partial charge < -0.3 is 11.1 Å². The zero-order valence-electron chi connectivity index (χ0n) is 11.3. The van der Waals surface area contributed by atoms with Crippen molar-refractivity contribution in [1.29, 1.82) is 0 Å². The van der Waals surface area contributed by atoms with Crippen molar-refractivity contribution in [2.45, 2.75) is 26.1 Å². The molecule has 2 aromatic rings. The van der Waals surface area contributed by atoms with Crippen LogP contribution in [0.15, 0.2) is 24.4 Å². The number of aromatic nitrogens is 3. The molecule has 0 aliphatic heterocycles. The van der Waals surface area contributed by atoms with Gasteiger partial charge in [0.15, 0.2) is 5.69 Å². The Kier molecular flexibility index (Phi) is 4.25. The van der Waals surface area contributed by atoms with Gasteiger partial charge in [-0.15, -0.1) is 0 Å². The van der Waals surface area contributed by atoms with E-state index in [0.29, 0.717) is 0 Å². The number of alkyl halides is 3. The lowest BCUT2D eigenvalue weighted by Gasteiger charge is -2.11. The van der Waals surface area contributed by atoms with Crippen molar-refractivity contribution in [2.75, 3.05) is 11.1 Å². The standard InChI is InChI=1S/C13H14F3N5/c1-2-8-4-3-5-18-9(8)7-19-11-6-10(13(14,15)16)20-12(17)21-11/h3-6H,2,7H2,1H3,(H3,17,19,20,21). The van der Waals surface area contributed by atoms with Crippen molar-refractivity contribution >= 4 is 11.8 Å². The maximum atomic E-state index is 12.6. The Hall–Kier alpha value is -2.38. The Morgan fingerprint density at radius 3 is 2.71 bits per heavy atom. The van der Waals surface area contributed by atoms with E-state index >= 15 is 0 Å². The first-order chi connectivity index (χ1) is 9.90. The normalized spacial score (nSPS) is 11.4. The summed E-state index contributed by atoms with van der Waals surface area (Å²) in [6.07, 6.45) is -2.15. The van der Waals surface area contributed by atoms with Gasteiger partial charge in [0.1, 0.15) is 5.82 Å². The lowest BCUT2D eigenvalue weighted by molar-refractivity contribution is -0.141. The van der Waals surface area contributed by atoms with E-state index in [1.807, 2.05) is 19.1 Å². The molecule has 21 heavy (non-hydrogen) atoms. The molecule has 0 aliphatic rings. The second kappa shape index (κ2) is 5.94. The minimum atomic E-state index is -4.56. The van der Waals surface area contributed by atoms with Gasteiger partial charge in [0, 0.05) is 12.3 Å². The molecule has 0 spiro atoms. The third-order valence-electron chi connectivity index (χ3n) is 2.84. The fourth-order valence-corrected chi connectivity index (χ4v) is 1.83. The molecule has 3 N–H and O–H groups in total. The maximum absolute atomic E-state index is 12.6. The SMILES string of the molecule is CCc1cccnc1CNc1cc(C(F)(F)F)nc(N)n1. The largest absolute Gasteiger partial charge is 0.433 e. The minimum Gasteiger partial charge on any atom is -0.368 e. The molecule has 0 saturated heterocycles. The van der Waals surface area contributed by atoms with Crippen LogP contribution in [0.5, 0.6) is 0 Å². The molecule has 0 amide bonds. The number of nitrogen functional groups attached to an aromatic ring is 1. The number of nitrogens with zero attached hydrogens (tertiary/aromatic N) is 3. The van der Waals surface area contributed by atoms with Gasteiger partial charge in [-0.3, -0.25) is 4.98 Å². The molecule has 8 heteroatoms. The van der Waals surface area contributed by atoms with Gasteiger partial charge in [0.2, 0.25) is 5.95 Å². The number of rotatable bonds is 4. The summed E-state index contributed by atoms with van der Waals surface area (Å²) < 4.78 is 37.9. The average Bonchev–Trinajstić information content (AvgIpc) is 2.44. The molecule has 0 atom stereocenters. The van der Waals surface area contributed by atoms with Crippen LogP contribution in [0.3, 0.4) is 0 Å². The zero-order chi connectivity index (χ0) is 15.5. The van der Waals surface area contributed by atoms with Crippen LogP contribution in [0.2, 0.25) is 0 Å². The molecule has 2 aromatic heterocycles. The lowest BCUT2D eigenvalue weighted by atomic mass is 10.1. The highest BCUT2D eigenvalue weighted by Gasteiger charge is 2.33. The van der Waals surface area contributed by atoms with Crippen LogP contribution < -0.4 is 11.1 Å². The van der Waals surface area contributed by atoms with Gasteiger partial charge >= 0.3 is 6.18 Å². The second-order valence-corrected chi connectivity index (χ2v) is 4.31. The van der Waals surface area contributed by atoms with Crippen molar-refractivity contribution in [3.63, 3.8) is 0 Å². The predicted molar refractivity (Wildman–Crippen MR) is 72.4 cm³/mol. The minimum absolute atomic E-state index is 0.0162. The van der Waals surface area contributed by atoms with E-state index in [1.54, 1.807) is 6.20 Å². The highest BCUT2D eigenvalue weighted by Crippen LogP contribution is 2.29. The fraction of sp³-hybridized carbons (Fsp3) is 0.308. The molecule has 0 aromatic carbocycles. The van der Waals surface area contributed by atoms with Crippen molar-refractivity contribution in [3.05, 3.63) is 41.3 Å². The first kappa shape index (κ1) is 15.0. The highest BCUT2D eigenvalue weighted by atomic mass is 19.4. The van der Waals surface area contributed by atoms with Gasteiger partial charge in [-0.2, -0.15) is 18.2 Å². The fourth-order valence-electron chi connectivity index (χ4n) is 1.83. The first-order valence-electron chi connectivity index (χ1n) is 6.28. The van der Waals surface area contributed by atoms with Gasteiger partial charge in [-0.1, -0.05) is 13.0 Å². The summed E-state index contributed by atoms with van der Waals surface area (Å²) in [6.45, 7) is 2.24. The van der Waals surface area contributed by atoms with Crippen LogP contribution in [0.25, 0.3) is 0 Å². The Bertz CT molecular complexity index is 627. The van der Waals surface area contributed by atoms with Crippen LogP contribution in [-0.4, -0.2) is 15.0 Å². The van der Waals surface area contributed by atoms with Crippen LogP contribution in [0, 0.1) is 0 Å². The van der Waals surface area contributed by atoms with Crippen molar-refractivity contribution < 1.29 is 13.2 Å². The highest BCUT2D eigenvalue weighted by molar-refractivity contribution is 5.42. The van der Waals surface area contributed by atoms with E-state index in [1.165, 1.54) is 0 Å². The number of halogens is 3. The summed E-state index contributed by atoms with van der Waals surface area (Å²) >= 11 is 0. The van der Waals surface area contributed by atoms with Gasteiger partial charge in [-0.25, -0.2) is 4.98 Å². The lowest BCUT2D eigenvalue weighted by Crippen LogP contribution is -2.13. The topological polar surface area (TPSA) is 76.7 Å². The zero-order valence-corrected chi connectivity index (χ0v) is 11.3. The first-order valence-corrected chi connectivity index (χ1v) is 6.28. The smallest absolute Gasteiger partial charge is 0.368 e. The van der Waals surface area contributed by atoms with E-state index in [2.05, 4.69) is 20.3 Å². The van der Waals surface area contributed by atoms with E-state index < -0.39 is 17.8 Å². The third-order valence-corrected chi connectivity index (χ3v) is 2.84. The predicted octanol–water partition coefficient (Wildman–Crippen LogP) is 2.65. The summed E-state index contributed by atoms with van der Waals surface area (Å²) in [5, 5.41) is 2.80. The summed E-state index contributed by atoms with van der Waals surface area (Å²) in [6, 6.07) is 4.55. The van der Waals surface area contributed by atoms with Crippen LogP contribution in [0.1, 0.15) is 23.9 Å². The Morgan fingerprint density at radius 1 is 1.29 bits per heavy atom. The van der Waals surface area contributed by atoms with Crippen LogP contribution in [0.4, 0.5) is 24.9 Å². The van der Waals surface area contributed by atoms with Gasteiger partial charge in [0.05, 0.1) is 12.2 Å². The molecule has 5 nitrogen and oxygen atoms in total. The Balaban J connectivity index is 2.19. The Labute approximate surface area is 119 Å². The molecule has 0 radical (unpaired) electrons. The monoisotopic (exact) mass is 297 g/mol. The van der Waals surface area contributed by atoms with E-state index in [-0.39, 0.29) is 12.4 Å². The third kappa shape index (κ3) is 3.80. The molecular formula is C13H14F3N5. The number of nitrogens with one attached hydrogen (secondary N) is 1. The molecule has 112 valence electrons. The molecule has 0 aliphatic carbocycles. The molecule has 0 bridgehead atoms. The number of hydrogen-bond acceptors (Lipinski definition) is 5. The van der Waals surface area contributed by atoms with Crippen molar-refractivity contribution in [1.82, 2.24) is 15.0 Å². The van der Waals surface area contributed by atoms with Crippen molar-refractivity contribution in [3.8, 4) is 0 Å². The maximum Gasteiger partial charge on any atom is 0.433 e. The van der Waals surface area contributed by atoms with E-state index in [9.17, 15) is 13.2 Å². The second-order valence-electron chi connectivity index (χ2n) is 4.31. The molecule has 2 rings (SSSR count). The van der Waals surface area contributed by atoms with Gasteiger partial charge in [-0.05, 0) is 18.1 Å². The number of hydrogen-bond donors (Lipinski definition) is 2. The number of nitrogens with two attached hydrogens (primary N) is 1. The summed E-state index contributed by atoms with van der Waals surface area (Å²) in [5.41, 5.74) is 6.00. The average molecular weight is 297 g/mol. The number of anilines is 2. The number of aryl methyl sites for hydroxylation is 1. The molecule has 0 fully saturated rings. The van der Waals surface area contributed by atoms with Crippen LogP contribution >= 0.6 is 0 Å². The van der Waals surface area contributed by atoms with Crippen molar-refractivity contribution in [2.24, 2.45) is 0 Å². The van der Waals surface area contributed by atoms with E-state index in [4.69, 9.17) is 5.73 Å². The molecule has 0 unspecified atom stereocenters. The summed E-state index contributed by atoms with van der Waals surface area (Å²) in [5.74, 6) is -0.411. The van der Waals surface area contributed by atoms with E-state index in [0.717, 1.165) is 23.7 Å².